The van der Waals surface area contributed by atoms with Crippen LogP contribution in [-0.2, 0) is 14.8 Å². The molecule has 2 aromatic rings. The zero-order valence-corrected chi connectivity index (χ0v) is 17.4. The van der Waals surface area contributed by atoms with Crippen LogP contribution < -0.4 is 5.32 Å². The summed E-state index contributed by atoms with van der Waals surface area (Å²) in [7, 11) is -3.61. The van der Waals surface area contributed by atoms with Gasteiger partial charge in [0.1, 0.15) is 4.90 Å². The van der Waals surface area contributed by atoms with Crippen LogP contribution in [0.5, 0.6) is 0 Å². The molecule has 8 heteroatoms. The topological polar surface area (TPSA) is 78.8 Å². The number of carbonyl (C=O) groups excluding carboxylic acids is 1. The maximum absolute atomic E-state index is 12.6. The molecule has 2 aliphatic heterocycles. The fraction of sp³-hybridized carbons (Fsp3) is 0.263. The Morgan fingerprint density at radius 2 is 1.74 bits per heavy atom. The maximum Gasteiger partial charge on any atom is 0.285 e. The summed E-state index contributed by atoms with van der Waals surface area (Å²) in [6.45, 7) is 1.21. The van der Waals surface area contributed by atoms with E-state index in [1.165, 1.54) is 0 Å². The van der Waals surface area contributed by atoms with Crippen molar-refractivity contribution < 1.29 is 13.2 Å². The summed E-state index contributed by atoms with van der Waals surface area (Å²) in [4.78, 5) is 14.8. The van der Waals surface area contributed by atoms with E-state index in [2.05, 4.69) is 32.3 Å². The molecule has 4 rings (SSSR count). The van der Waals surface area contributed by atoms with E-state index in [-0.39, 0.29) is 16.7 Å². The van der Waals surface area contributed by atoms with Crippen LogP contribution in [-0.4, -0.2) is 38.2 Å². The van der Waals surface area contributed by atoms with E-state index >= 15 is 0 Å². The SMILES string of the molecule is O=C(Nc1ccccc1I)C1CCN(C2=NS(=O)(=O)c3ccccc32)CC1. The van der Waals surface area contributed by atoms with E-state index in [1.807, 2.05) is 35.2 Å². The van der Waals surface area contributed by atoms with Gasteiger partial charge < -0.3 is 10.2 Å². The lowest BCUT2D eigenvalue weighted by Gasteiger charge is -2.32. The third-order valence-corrected chi connectivity index (χ3v) is 7.18. The van der Waals surface area contributed by atoms with Crippen molar-refractivity contribution >= 4 is 50.0 Å². The standard InChI is InChI=1S/C19H18IN3O3S/c20-15-6-2-3-7-16(15)21-19(24)13-9-11-23(12-10-13)18-14-5-1-4-8-17(14)27(25,26)22-18/h1-8,13H,9-12H2,(H,21,24). The molecule has 0 aromatic heterocycles. The molecule has 1 amide bonds. The monoisotopic (exact) mass is 495 g/mol. The Labute approximate surface area is 171 Å². The summed E-state index contributed by atoms with van der Waals surface area (Å²) < 4.78 is 29.4. The molecule has 0 atom stereocenters. The van der Waals surface area contributed by atoms with Crippen molar-refractivity contribution in [2.24, 2.45) is 10.3 Å². The number of rotatable bonds is 2. The van der Waals surface area contributed by atoms with Gasteiger partial charge in [0.15, 0.2) is 5.84 Å². The summed E-state index contributed by atoms with van der Waals surface area (Å²) in [5, 5.41) is 3.00. The molecule has 0 spiro atoms. The third-order valence-electron chi connectivity index (χ3n) is 4.91. The van der Waals surface area contributed by atoms with Crippen molar-refractivity contribution in [2.45, 2.75) is 17.7 Å². The van der Waals surface area contributed by atoms with Crippen LogP contribution in [0, 0.1) is 9.49 Å². The van der Waals surface area contributed by atoms with E-state index in [0.29, 0.717) is 37.3 Å². The number of nitrogens with zero attached hydrogens (tertiary/aromatic N) is 2. The number of anilines is 1. The highest BCUT2D eigenvalue weighted by molar-refractivity contribution is 14.1. The molecule has 1 N–H and O–H groups in total. The quantitative estimate of drug-likeness (QED) is 0.650. The van der Waals surface area contributed by atoms with E-state index in [0.717, 1.165) is 9.26 Å². The number of likely N-dealkylation sites (tertiary alicyclic amines) is 1. The van der Waals surface area contributed by atoms with Crippen LogP contribution in [0.1, 0.15) is 18.4 Å². The molecular formula is C19H18IN3O3S. The first-order valence-corrected chi connectivity index (χ1v) is 11.2. The summed E-state index contributed by atoms with van der Waals surface area (Å²) in [6.07, 6.45) is 1.33. The van der Waals surface area contributed by atoms with Gasteiger partial charge in [-0.1, -0.05) is 24.3 Å². The van der Waals surface area contributed by atoms with E-state index in [4.69, 9.17) is 0 Å². The highest BCUT2D eigenvalue weighted by Crippen LogP contribution is 2.30. The van der Waals surface area contributed by atoms with Gasteiger partial charge in [-0.2, -0.15) is 8.42 Å². The van der Waals surface area contributed by atoms with Crippen LogP contribution in [0.4, 0.5) is 5.69 Å². The van der Waals surface area contributed by atoms with Gasteiger partial charge in [-0.05, 0) is 59.7 Å². The highest BCUT2D eigenvalue weighted by atomic mass is 127. The van der Waals surface area contributed by atoms with Gasteiger partial charge in [-0.15, -0.1) is 4.40 Å². The third kappa shape index (κ3) is 3.60. The van der Waals surface area contributed by atoms with Gasteiger partial charge in [0, 0.05) is 28.1 Å². The molecule has 2 aromatic carbocycles. The van der Waals surface area contributed by atoms with Crippen molar-refractivity contribution in [2.75, 3.05) is 18.4 Å². The Balaban J connectivity index is 1.44. The van der Waals surface area contributed by atoms with Gasteiger partial charge in [0.2, 0.25) is 5.91 Å². The van der Waals surface area contributed by atoms with Crippen molar-refractivity contribution in [3.05, 3.63) is 57.7 Å². The number of benzene rings is 2. The molecule has 140 valence electrons. The zero-order valence-electron chi connectivity index (χ0n) is 14.4. The molecule has 2 heterocycles. The van der Waals surface area contributed by atoms with Crippen molar-refractivity contribution in [1.82, 2.24) is 4.90 Å². The molecule has 2 aliphatic rings. The lowest BCUT2D eigenvalue weighted by atomic mass is 9.95. The molecular weight excluding hydrogens is 477 g/mol. The Bertz CT molecular complexity index is 1030. The lowest BCUT2D eigenvalue weighted by Crippen LogP contribution is -2.41. The van der Waals surface area contributed by atoms with Crippen molar-refractivity contribution in [3.8, 4) is 0 Å². The second kappa shape index (κ2) is 7.23. The first-order valence-electron chi connectivity index (χ1n) is 8.70. The fourth-order valence-electron chi connectivity index (χ4n) is 3.47. The average Bonchev–Trinajstić information content (AvgIpc) is 2.95. The molecule has 0 radical (unpaired) electrons. The number of carbonyl (C=O) groups is 1. The van der Waals surface area contributed by atoms with E-state index in [9.17, 15) is 13.2 Å². The van der Waals surface area contributed by atoms with E-state index in [1.54, 1.807) is 18.2 Å². The first kappa shape index (κ1) is 18.4. The fourth-order valence-corrected chi connectivity index (χ4v) is 5.22. The lowest BCUT2D eigenvalue weighted by molar-refractivity contribution is -0.120. The zero-order chi connectivity index (χ0) is 19.0. The van der Waals surface area contributed by atoms with Crippen LogP contribution in [0.25, 0.3) is 0 Å². The summed E-state index contributed by atoms with van der Waals surface area (Å²) in [5.74, 6) is 0.424. The summed E-state index contributed by atoms with van der Waals surface area (Å²) in [5.41, 5.74) is 1.48. The van der Waals surface area contributed by atoms with Crippen LogP contribution in [0.3, 0.4) is 0 Å². The van der Waals surface area contributed by atoms with Crippen LogP contribution in [0.15, 0.2) is 57.8 Å². The van der Waals surface area contributed by atoms with Crippen molar-refractivity contribution in [1.29, 1.82) is 0 Å². The molecule has 0 unspecified atom stereocenters. The number of halogens is 1. The van der Waals surface area contributed by atoms with Gasteiger partial charge >= 0.3 is 0 Å². The predicted molar refractivity (Wildman–Crippen MR) is 112 cm³/mol. The number of fused-ring (bicyclic) bond motifs is 1. The number of amides is 1. The Morgan fingerprint density at radius 3 is 2.48 bits per heavy atom. The molecule has 1 saturated heterocycles. The van der Waals surface area contributed by atoms with Crippen LogP contribution >= 0.6 is 22.6 Å². The van der Waals surface area contributed by atoms with Gasteiger partial charge in [-0.25, -0.2) is 0 Å². The van der Waals surface area contributed by atoms with Gasteiger partial charge in [-0.3, -0.25) is 4.79 Å². The molecule has 0 bridgehead atoms. The Kier molecular flexibility index (Phi) is 4.94. The van der Waals surface area contributed by atoms with Crippen molar-refractivity contribution in [3.63, 3.8) is 0 Å². The second-order valence-corrected chi connectivity index (χ2v) is 9.35. The molecule has 6 nitrogen and oxygen atoms in total. The Hall–Kier alpha value is -1.94. The van der Waals surface area contributed by atoms with Crippen LogP contribution in [0.2, 0.25) is 0 Å². The largest absolute Gasteiger partial charge is 0.355 e. The molecule has 0 aliphatic carbocycles. The Morgan fingerprint density at radius 1 is 1.07 bits per heavy atom. The molecule has 1 fully saturated rings. The van der Waals surface area contributed by atoms with Gasteiger partial charge in [0.05, 0.1) is 5.69 Å². The normalized spacial score (nSPS) is 18.7. The minimum atomic E-state index is -3.61. The number of nitrogens with one attached hydrogen (secondary N) is 1. The second-order valence-electron chi connectivity index (χ2n) is 6.62. The number of sulfonamides is 1. The smallest absolute Gasteiger partial charge is 0.285 e. The first-order chi connectivity index (χ1) is 13.0. The minimum absolute atomic E-state index is 0.0140. The number of hydrogen-bond acceptors (Lipinski definition) is 4. The number of amidine groups is 1. The highest BCUT2D eigenvalue weighted by Gasteiger charge is 2.34. The summed E-state index contributed by atoms with van der Waals surface area (Å²) in [6, 6.07) is 14.6. The molecule has 0 saturated carbocycles. The number of para-hydroxylation sites is 1. The average molecular weight is 495 g/mol. The summed E-state index contributed by atoms with van der Waals surface area (Å²) >= 11 is 2.20. The maximum atomic E-state index is 12.6. The number of piperidine rings is 1. The van der Waals surface area contributed by atoms with Gasteiger partial charge in [0.25, 0.3) is 10.0 Å². The predicted octanol–water partition coefficient (Wildman–Crippen LogP) is 3.09. The molecule has 27 heavy (non-hydrogen) atoms. The van der Waals surface area contributed by atoms with E-state index < -0.39 is 10.0 Å². The number of hydrogen-bond donors (Lipinski definition) is 1. The minimum Gasteiger partial charge on any atom is -0.355 e.